The second kappa shape index (κ2) is 5.12. The Morgan fingerprint density at radius 3 is 2.45 bits per heavy atom. The highest BCUT2D eigenvalue weighted by atomic mass is 16.5. The molecule has 0 spiro atoms. The number of rotatable bonds is 2. The maximum Gasteiger partial charge on any atom is 0.136 e. The van der Waals surface area contributed by atoms with Crippen molar-refractivity contribution in [3.8, 4) is 17.0 Å². The first-order chi connectivity index (χ1) is 9.32. The molecule has 0 saturated carbocycles. The van der Waals surface area contributed by atoms with Gasteiger partial charge in [-0.3, -0.25) is 0 Å². The van der Waals surface area contributed by atoms with Crippen molar-refractivity contribution < 1.29 is 4.74 Å². The van der Waals surface area contributed by atoms with Crippen LogP contribution < -0.4 is 10.5 Å². The molecule has 1 aromatic heterocycles. The number of nitrogens with zero attached hydrogens (tertiary/aromatic N) is 2. The molecule has 20 heavy (non-hydrogen) atoms. The Morgan fingerprint density at radius 2 is 1.85 bits per heavy atom. The van der Waals surface area contributed by atoms with Crippen molar-refractivity contribution in [1.82, 2.24) is 9.97 Å². The minimum atomic E-state index is -0.143. The van der Waals surface area contributed by atoms with Crippen molar-refractivity contribution in [1.29, 1.82) is 0 Å². The van der Waals surface area contributed by atoms with Gasteiger partial charge >= 0.3 is 0 Å². The van der Waals surface area contributed by atoms with E-state index in [2.05, 4.69) is 25.8 Å². The molecule has 0 aliphatic carbocycles. The second-order valence-electron chi connectivity index (χ2n) is 5.89. The molecule has 106 valence electrons. The topological polar surface area (TPSA) is 61.0 Å². The zero-order chi connectivity index (χ0) is 14.9. The van der Waals surface area contributed by atoms with E-state index >= 15 is 0 Å². The molecule has 0 unspecified atom stereocenters. The van der Waals surface area contributed by atoms with Gasteiger partial charge in [-0.2, -0.15) is 0 Å². The van der Waals surface area contributed by atoms with Gasteiger partial charge in [0.15, 0.2) is 0 Å². The number of ether oxygens (including phenoxy) is 1. The monoisotopic (exact) mass is 271 g/mol. The summed E-state index contributed by atoms with van der Waals surface area (Å²) in [6, 6.07) is 7.82. The molecule has 4 nitrogen and oxygen atoms in total. The highest BCUT2D eigenvalue weighted by molar-refractivity contribution is 5.68. The fourth-order valence-corrected chi connectivity index (χ4v) is 1.92. The summed E-state index contributed by atoms with van der Waals surface area (Å²) < 4.78 is 5.27. The quantitative estimate of drug-likeness (QED) is 0.910. The second-order valence-corrected chi connectivity index (χ2v) is 5.89. The molecule has 1 heterocycles. The Kier molecular flexibility index (Phi) is 3.66. The van der Waals surface area contributed by atoms with E-state index in [0.29, 0.717) is 5.82 Å². The van der Waals surface area contributed by atoms with E-state index < -0.39 is 0 Å². The van der Waals surface area contributed by atoms with E-state index in [1.807, 2.05) is 31.2 Å². The normalized spacial score (nSPS) is 11.4. The summed E-state index contributed by atoms with van der Waals surface area (Å²) in [6.45, 7) is 8.17. The van der Waals surface area contributed by atoms with Gasteiger partial charge in [-0.1, -0.05) is 32.9 Å². The lowest BCUT2D eigenvalue weighted by Gasteiger charge is -2.19. The Labute approximate surface area is 120 Å². The molecule has 0 aliphatic rings. The van der Waals surface area contributed by atoms with Crippen molar-refractivity contribution in [2.24, 2.45) is 0 Å². The number of hydrogen-bond acceptors (Lipinski definition) is 4. The highest BCUT2D eigenvalue weighted by Gasteiger charge is 2.21. The van der Waals surface area contributed by atoms with Crippen molar-refractivity contribution in [2.75, 3.05) is 12.8 Å². The summed E-state index contributed by atoms with van der Waals surface area (Å²) in [7, 11) is 1.65. The van der Waals surface area contributed by atoms with E-state index in [-0.39, 0.29) is 5.41 Å². The molecule has 2 rings (SSSR count). The summed E-state index contributed by atoms with van der Waals surface area (Å²) in [5, 5.41) is 0. The van der Waals surface area contributed by atoms with E-state index in [0.717, 1.165) is 28.4 Å². The van der Waals surface area contributed by atoms with Gasteiger partial charge in [0.1, 0.15) is 17.4 Å². The molecule has 0 radical (unpaired) electrons. The van der Waals surface area contributed by atoms with Gasteiger partial charge in [0.25, 0.3) is 0 Å². The van der Waals surface area contributed by atoms with Crippen LogP contribution in [0.5, 0.6) is 5.75 Å². The SMILES string of the molecule is COc1cccc(-c2nc(C(C)(C)C)nc(N)c2C)c1. The number of aromatic nitrogens is 2. The first-order valence-electron chi connectivity index (χ1n) is 6.62. The minimum Gasteiger partial charge on any atom is -0.497 e. The molecule has 2 N–H and O–H groups in total. The lowest BCUT2D eigenvalue weighted by Crippen LogP contribution is -2.18. The van der Waals surface area contributed by atoms with E-state index in [1.165, 1.54) is 0 Å². The van der Waals surface area contributed by atoms with Crippen LogP contribution in [-0.4, -0.2) is 17.1 Å². The lowest BCUT2D eigenvalue weighted by atomic mass is 9.95. The fourth-order valence-electron chi connectivity index (χ4n) is 1.92. The average molecular weight is 271 g/mol. The van der Waals surface area contributed by atoms with Crippen LogP contribution in [0.4, 0.5) is 5.82 Å². The van der Waals surface area contributed by atoms with Crippen LogP contribution in [0.2, 0.25) is 0 Å². The first-order valence-corrected chi connectivity index (χ1v) is 6.62. The Morgan fingerprint density at radius 1 is 1.15 bits per heavy atom. The van der Waals surface area contributed by atoms with Crippen LogP contribution in [0.15, 0.2) is 24.3 Å². The molecule has 0 saturated heterocycles. The smallest absolute Gasteiger partial charge is 0.136 e. The van der Waals surface area contributed by atoms with Crippen LogP contribution in [0.3, 0.4) is 0 Å². The summed E-state index contributed by atoms with van der Waals surface area (Å²) in [6.07, 6.45) is 0. The highest BCUT2D eigenvalue weighted by Crippen LogP contribution is 2.30. The maximum absolute atomic E-state index is 6.04. The van der Waals surface area contributed by atoms with Crippen LogP contribution >= 0.6 is 0 Å². The molecule has 0 aliphatic heterocycles. The number of nitrogens with two attached hydrogens (primary N) is 1. The van der Waals surface area contributed by atoms with Crippen molar-refractivity contribution in [3.05, 3.63) is 35.7 Å². The largest absolute Gasteiger partial charge is 0.497 e. The van der Waals surface area contributed by atoms with Gasteiger partial charge in [0, 0.05) is 16.5 Å². The van der Waals surface area contributed by atoms with Gasteiger partial charge in [0.05, 0.1) is 12.8 Å². The molecule has 0 atom stereocenters. The van der Waals surface area contributed by atoms with E-state index in [4.69, 9.17) is 15.5 Å². The van der Waals surface area contributed by atoms with Gasteiger partial charge in [-0.25, -0.2) is 9.97 Å². The molecule has 0 fully saturated rings. The Bertz CT molecular complexity index is 630. The van der Waals surface area contributed by atoms with E-state index in [1.54, 1.807) is 7.11 Å². The standard InChI is InChI=1S/C16H21N3O/c1-10-13(11-7-6-8-12(9-11)20-5)18-15(16(2,3)4)19-14(10)17/h6-9H,1-5H3,(H2,17,18,19). The maximum atomic E-state index is 6.04. The molecule has 1 aromatic carbocycles. The molecular weight excluding hydrogens is 250 g/mol. The number of anilines is 1. The van der Waals surface area contributed by atoms with Crippen molar-refractivity contribution in [2.45, 2.75) is 33.1 Å². The minimum absolute atomic E-state index is 0.143. The van der Waals surface area contributed by atoms with Crippen LogP contribution in [-0.2, 0) is 5.41 Å². The zero-order valence-electron chi connectivity index (χ0n) is 12.7. The third-order valence-corrected chi connectivity index (χ3v) is 3.20. The molecule has 4 heteroatoms. The predicted octanol–water partition coefficient (Wildman–Crippen LogP) is 3.34. The summed E-state index contributed by atoms with van der Waals surface area (Å²) in [5.74, 6) is 2.08. The van der Waals surface area contributed by atoms with Crippen molar-refractivity contribution in [3.63, 3.8) is 0 Å². The Balaban J connectivity index is 2.63. The van der Waals surface area contributed by atoms with Gasteiger partial charge in [-0.15, -0.1) is 0 Å². The first kappa shape index (κ1) is 14.3. The van der Waals surface area contributed by atoms with Gasteiger partial charge in [0.2, 0.25) is 0 Å². The zero-order valence-corrected chi connectivity index (χ0v) is 12.7. The molecular formula is C16H21N3O. The van der Waals surface area contributed by atoms with Crippen LogP contribution in [0.1, 0.15) is 32.2 Å². The predicted molar refractivity (Wildman–Crippen MR) is 81.9 cm³/mol. The average Bonchev–Trinajstić information content (AvgIpc) is 2.40. The van der Waals surface area contributed by atoms with Gasteiger partial charge < -0.3 is 10.5 Å². The number of nitrogen functional groups attached to an aromatic ring is 1. The third-order valence-electron chi connectivity index (χ3n) is 3.20. The number of methoxy groups -OCH3 is 1. The van der Waals surface area contributed by atoms with Gasteiger partial charge in [-0.05, 0) is 19.1 Å². The third kappa shape index (κ3) is 2.74. The molecule has 0 amide bonds. The molecule has 2 aromatic rings. The van der Waals surface area contributed by atoms with Crippen LogP contribution in [0.25, 0.3) is 11.3 Å². The lowest BCUT2D eigenvalue weighted by molar-refractivity contribution is 0.415. The molecule has 0 bridgehead atoms. The summed E-state index contributed by atoms with van der Waals surface area (Å²) >= 11 is 0. The Hall–Kier alpha value is -2.10. The summed E-state index contributed by atoms with van der Waals surface area (Å²) in [4.78, 5) is 9.11. The number of hydrogen-bond donors (Lipinski definition) is 1. The van der Waals surface area contributed by atoms with E-state index in [9.17, 15) is 0 Å². The van der Waals surface area contributed by atoms with Crippen molar-refractivity contribution >= 4 is 5.82 Å². The van der Waals surface area contributed by atoms with Crippen LogP contribution in [0, 0.1) is 6.92 Å². The summed E-state index contributed by atoms with van der Waals surface area (Å²) in [5.41, 5.74) is 8.64. The fraction of sp³-hybridized carbons (Fsp3) is 0.375. The number of benzene rings is 1.